The maximum absolute atomic E-state index is 6.14. The van der Waals surface area contributed by atoms with Gasteiger partial charge in [0.15, 0.2) is 0 Å². The topological polar surface area (TPSA) is 92.4 Å². The summed E-state index contributed by atoms with van der Waals surface area (Å²) in [6.07, 6.45) is 2.04. The van der Waals surface area contributed by atoms with E-state index in [2.05, 4.69) is 42.2 Å². The molecule has 0 atom stereocenters. The Bertz CT molecular complexity index is 1100. The zero-order chi connectivity index (χ0) is 21.9. The van der Waals surface area contributed by atoms with Crippen LogP contribution in [0.2, 0.25) is 5.02 Å². The van der Waals surface area contributed by atoms with Crippen LogP contribution in [0.25, 0.3) is 0 Å². The van der Waals surface area contributed by atoms with Crippen LogP contribution >= 0.6 is 11.6 Å². The standard InChI is InChI=1S/C23H26ClN7O/c24-17-4-1-5-19(14-17)31-10-8-30(9-11-31)15-21-27-22(25)29-23(28-21)26-18-6-7-20-16(13-18)3-2-12-32-20/h1,4-7,13-14H,2-3,8-12,15H2,(H3,25,26,27,28,29). The number of hydrogen-bond acceptors (Lipinski definition) is 8. The number of nitrogens with one attached hydrogen (secondary N) is 1. The second kappa shape index (κ2) is 9.18. The lowest BCUT2D eigenvalue weighted by Gasteiger charge is -2.35. The zero-order valence-electron chi connectivity index (χ0n) is 17.8. The van der Waals surface area contributed by atoms with E-state index in [0.717, 1.165) is 67.8 Å². The molecule has 9 heteroatoms. The van der Waals surface area contributed by atoms with Crippen LogP contribution in [0.15, 0.2) is 42.5 Å². The summed E-state index contributed by atoms with van der Waals surface area (Å²) in [4.78, 5) is 17.9. The summed E-state index contributed by atoms with van der Waals surface area (Å²) < 4.78 is 5.69. The third-order valence-corrected chi connectivity index (χ3v) is 6.01. The molecule has 2 aliphatic rings. The van der Waals surface area contributed by atoms with Crippen molar-refractivity contribution in [2.45, 2.75) is 19.4 Å². The number of aromatic nitrogens is 3. The highest BCUT2D eigenvalue weighted by Gasteiger charge is 2.19. The van der Waals surface area contributed by atoms with Crippen molar-refractivity contribution in [1.29, 1.82) is 0 Å². The molecule has 3 N–H and O–H groups in total. The number of aryl methyl sites for hydroxylation is 1. The van der Waals surface area contributed by atoms with Crippen LogP contribution in [-0.2, 0) is 13.0 Å². The smallest absolute Gasteiger partial charge is 0.232 e. The van der Waals surface area contributed by atoms with Crippen molar-refractivity contribution in [2.24, 2.45) is 0 Å². The maximum Gasteiger partial charge on any atom is 0.232 e. The summed E-state index contributed by atoms with van der Waals surface area (Å²) in [6, 6.07) is 14.0. The average molecular weight is 452 g/mol. The highest BCUT2D eigenvalue weighted by Crippen LogP contribution is 2.28. The molecule has 0 aliphatic carbocycles. The van der Waals surface area contributed by atoms with Gasteiger partial charge in [-0.1, -0.05) is 17.7 Å². The number of anilines is 4. The van der Waals surface area contributed by atoms with Crippen LogP contribution in [-0.4, -0.2) is 52.6 Å². The van der Waals surface area contributed by atoms with Crippen LogP contribution in [0.4, 0.5) is 23.3 Å². The van der Waals surface area contributed by atoms with Gasteiger partial charge in [0, 0.05) is 42.6 Å². The molecule has 3 aromatic rings. The third-order valence-electron chi connectivity index (χ3n) is 5.77. The molecule has 0 bridgehead atoms. The number of halogens is 1. The monoisotopic (exact) mass is 451 g/mol. The molecule has 1 fully saturated rings. The summed E-state index contributed by atoms with van der Waals surface area (Å²) in [7, 11) is 0. The van der Waals surface area contributed by atoms with Gasteiger partial charge < -0.3 is 20.7 Å². The number of ether oxygens (including phenoxy) is 1. The second-order valence-corrected chi connectivity index (χ2v) is 8.51. The van der Waals surface area contributed by atoms with Crippen molar-refractivity contribution in [3.8, 4) is 5.75 Å². The number of nitrogens with two attached hydrogens (primary N) is 1. The fourth-order valence-electron chi connectivity index (χ4n) is 4.17. The Hall–Kier alpha value is -3.10. The summed E-state index contributed by atoms with van der Waals surface area (Å²) in [5.41, 5.74) is 9.25. The van der Waals surface area contributed by atoms with E-state index in [1.807, 2.05) is 30.3 Å². The molecule has 3 heterocycles. The van der Waals surface area contributed by atoms with Gasteiger partial charge >= 0.3 is 0 Å². The van der Waals surface area contributed by atoms with Crippen molar-refractivity contribution in [3.63, 3.8) is 0 Å². The van der Waals surface area contributed by atoms with Crippen LogP contribution in [0.3, 0.4) is 0 Å². The van der Waals surface area contributed by atoms with Crippen molar-refractivity contribution < 1.29 is 4.74 Å². The minimum Gasteiger partial charge on any atom is -0.493 e. The predicted octanol–water partition coefficient (Wildman–Crippen LogP) is 3.50. The molecule has 0 radical (unpaired) electrons. The Morgan fingerprint density at radius 2 is 1.91 bits per heavy atom. The number of nitrogen functional groups attached to an aromatic ring is 1. The van der Waals surface area contributed by atoms with E-state index in [0.29, 0.717) is 18.3 Å². The Kier molecular flexibility index (Phi) is 5.96. The lowest BCUT2D eigenvalue weighted by Crippen LogP contribution is -2.46. The van der Waals surface area contributed by atoms with E-state index in [-0.39, 0.29) is 5.95 Å². The molecule has 2 aromatic carbocycles. The lowest BCUT2D eigenvalue weighted by molar-refractivity contribution is 0.244. The van der Waals surface area contributed by atoms with E-state index < -0.39 is 0 Å². The SMILES string of the molecule is Nc1nc(CN2CCN(c3cccc(Cl)c3)CC2)nc(Nc2ccc3c(c2)CCCO3)n1. The molecule has 0 saturated carbocycles. The molecule has 166 valence electrons. The molecule has 0 unspecified atom stereocenters. The van der Waals surface area contributed by atoms with E-state index in [1.54, 1.807) is 0 Å². The number of hydrogen-bond donors (Lipinski definition) is 2. The summed E-state index contributed by atoms with van der Waals surface area (Å²) in [5.74, 6) is 2.30. The van der Waals surface area contributed by atoms with Crippen molar-refractivity contribution in [2.75, 3.05) is 48.7 Å². The minimum absolute atomic E-state index is 0.219. The Labute approximate surface area is 192 Å². The number of benzene rings is 2. The molecule has 8 nitrogen and oxygen atoms in total. The van der Waals surface area contributed by atoms with Gasteiger partial charge in [-0.25, -0.2) is 0 Å². The molecular formula is C23H26ClN7O. The lowest BCUT2D eigenvalue weighted by atomic mass is 10.1. The van der Waals surface area contributed by atoms with E-state index >= 15 is 0 Å². The number of rotatable bonds is 5. The second-order valence-electron chi connectivity index (χ2n) is 8.08. The Morgan fingerprint density at radius 1 is 1.03 bits per heavy atom. The van der Waals surface area contributed by atoms with Crippen molar-refractivity contribution >= 4 is 34.9 Å². The minimum atomic E-state index is 0.219. The molecule has 1 aromatic heterocycles. The normalized spacial score (nSPS) is 16.3. The third kappa shape index (κ3) is 4.87. The fourth-order valence-corrected chi connectivity index (χ4v) is 4.35. The highest BCUT2D eigenvalue weighted by molar-refractivity contribution is 6.30. The highest BCUT2D eigenvalue weighted by atomic mass is 35.5. The maximum atomic E-state index is 6.14. The molecular weight excluding hydrogens is 426 g/mol. The van der Waals surface area contributed by atoms with Gasteiger partial charge in [-0.15, -0.1) is 0 Å². The average Bonchev–Trinajstić information content (AvgIpc) is 2.79. The molecule has 1 saturated heterocycles. The van der Waals surface area contributed by atoms with Crippen molar-refractivity contribution in [1.82, 2.24) is 19.9 Å². The first-order valence-corrected chi connectivity index (χ1v) is 11.3. The molecule has 0 spiro atoms. The predicted molar refractivity (Wildman–Crippen MR) is 127 cm³/mol. The molecule has 32 heavy (non-hydrogen) atoms. The van der Waals surface area contributed by atoms with Crippen molar-refractivity contribution in [3.05, 3.63) is 58.9 Å². The van der Waals surface area contributed by atoms with E-state index in [9.17, 15) is 0 Å². The van der Waals surface area contributed by atoms with Gasteiger partial charge in [-0.2, -0.15) is 15.0 Å². The number of piperazine rings is 1. The molecule has 0 amide bonds. The largest absolute Gasteiger partial charge is 0.493 e. The first-order chi connectivity index (χ1) is 15.6. The van der Waals surface area contributed by atoms with Gasteiger partial charge in [0.25, 0.3) is 0 Å². The molecule has 5 rings (SSSR count). The Balaban J connectivity index is 1.23. The quantitative estimate of drug-likeness (QED) is 0.609. The van der Waals surface area contributed by atoms with Crippen LogP contribution in [0, 0.1) is 0 Å². The van der Waals surface area contributed by atoms with Gasteiger partial charge in [0.1, 0.15) is 11.6 Å². The van der Waals surface area contributed by atoms with Crippen LogP contribution in [0.5, 0.6) is 5.75 Å². The number of fused-ring (bicyclic) bond motifs is 1. The number of nitrogens with zero attached hydrogens (tertiary/aromatic N) is 5. The first kappa shape index (κ1) is 20.8. The molecule has 2 aliphatic heterocycles. The van der Waals surface area contributed by atoms with Crippen LogP contribution in [0.1, 0.15) is 17.8 Å². The fraction of sp³-hybridized carbons (Fsp3) is 0.348. The van der Waals surface area contributed by atoms with Gasteiger partial charge in [-0.3, -0.25) is 4.90 Å². The Morgan fingerprint density at radius 3 is 2.75 bits per heavy atom. The van der Waals surface area contributed by atoms with E-state index in [4.69, 9.17) is 22.1 Å². The summed E-state index contributed by atoms with van der Waals surface area (Å²) in [6.45, 7) is 5.06. The first-order valence-electron chi connectivity index (χ1n) is 10.9. The van der Waals surface area contributed by atoms with Crippen LogP contribution < -0.4 is 20.7 Å². The van der Waals surface area contributed by atoms with Gasteiger partial charge in [0.05, 0.1) is 13.2 Å². The zero-order valence-corrected chi connectivity index (χ0v) is 18.6. The van der Waals surface area contributed by atoms with Gasteiger partial charge in [-0.05, 0) is 54.8 Å². The summed E-state index contributed by atoms with van der Waals surface area (Å²) in [5, 5.41) is 4.03. The summed E-state index contributed by atoms with van der Waals surface area (Å²) >= 11 is 6.14. The van der Waals surface area contributed by atoms with E-state index in [1.165, 1.54) is 5.56 Å². The van der Waals surface area contributed by atoms with Gasteiger partial charge in [0.2, 0.25) is 11.9 Å².